The minimum atomic E-state index is -3.60. The number of nitrogens with zero attached hydrogens (tertiary/aromatic N) is 1. The fraction of sp³-hybridized carbons (Fsp3) is 0.333. The van der Waals surface area contributed by atoms with Crippen molar-refractivity contribution in [2.75, 3.05) is 19.8 Å². The highest BCUT2D eigenvalue weighted by molar-refractivity contribution is 7.88. The monoisotopic (exact) mass is 298 g/mol. The number of nitriles is 1. The molecule has 2 N–H and O–H groups in total. The molecule has 108 valence electrons. The van der Waals surface area contributed by atoms with Crippen molar-refractivity contribution in [3.63, 3.8) is 0 Å². The first-order valence-electron chi connectivity index (χ1n) is 5.69. The Morgan fingerprint density at radius 2 is 2.10 bits per heavy atom. The Morgan fingerprint density at radius 3 is 2.75 bits per heavy atom. The Balaban J connectivity index is 2.50. The van der Waals surface area contributed by atoms with Gasteiger partial charge in [0.1, 0.15) is 6.61 Å². The number of carboxylic acids is 1. The van der Waals surface area contributed by atoms with Gasteiger partial charge in [0.25, 0.3) is 0 Å². The van der Waals surface area contributed by atoms with E-state index in [2.05, 4.69) is 4.72 Å². The van der Waals surface area contributed by atoms with Gasteiger partial charge in [0.15, 0.2) is 0 Å². The highest BCUT2D eigenvalue weighted by atomic mass is 32.2. The van der Waals surface area contributed by atoms with Crippen molar-refractivity contribution in [2.24, 2.45) is 0 Å². The van der Waals surface area contributed by atoms with Crippen LogP contribution in [0.15, 0.2) is 24.3 Å². The first-order chi connectivity index (χ1) is 9.44. The lowest BCUT2D eigenvalue weighted by Crippen LogP contribution is -2.29. The van der Waals surface area contributed by atoms with Crippen LogP contribution in [-0.4, -0.2) is 39.3 Å². The molecule has 0 unspecified atom stereocenters. The molecule has 1 aromatic carbocycles. The summed E-state index contributed by atoms with van der Waals surface area (Å²) < 4.78 is 30.5. The second kappa shape index (κ2) is 7.59. The van der Waals surface area contributed by atoms with Gasteiger partial charge in [-0.25, -0.2) is 17.9 Å². The highest BCUT2D eigenvalue weighted by Gasteiger charge is 2.13. The van der Waals surface area contributed by atoms with E-state index in [1.165, 1.54) is 0 Å². The Kier molecular flexibility index (Phi) is 6.11. The molecule has 0 atom stereocenters. The molecule has 0 aliphatic carbocycles. The van der Waals surface area contributed by atoms with Crippen molar-refractivity contribution in [3.05, 3.63) is 35.4 Å². The number of carbonyl (C=O) groups is 1. The second-order valence-corrected chi connectivity index (χ2v) is 5.68. The number of carboxylic acid groups (broad SMARTS) is 1. The van der Waals surface area contributed by atoms with Gasteiger partial charge in [0, 0.05) is 6.54 Å². The third-order valence-electron chi connectivity index (χ3n) is 2.28. The molecule has 0 radical (unpaired) electrons. The smallest absolute Gasteiger partial charge is 0.329 e. The van der Waals surface area contributed by atoms with E-state index in [4.69, 9.17) is 15.1 Å². The third kappa shape index (κ3) is 5.79. The third-order valence-corrected chi connectivity index (χ3v) is 3.61. The maximum absolute atomic E-state index is 11.8. The van der Waals surface area contributed by atoms with Gasteiger partial charge in [0.05, 0.1) is 24.0 Å². The molecular formula is C12H14N2O5S. The standard InChI is InChI=1S/C12H14N2O5S/c13-7-10-3-1-2-4-11(10)9-20(17,18)14-5-6-19-8-12(15)16/h1-4,14H,5-6,8-9H2,(H,15,16). The minimum Gasteiger partial charge on any atom is -0.480 e. The lowest BCUT2D eigenvalue weighted by atomic mass is 10.1. The minimum absolute atomic E-state index is 0.0235. The summed E-state index contributed by atoms with van der Waals surface area (Å²) in [7, 11) is -3.60. The maximum atomic E-state index is 11.8. The summed E-state index contributed by atoms with van der Waals surface area (Å²) >= 11 is 0. The molecule has 0 aliphatic heterocycles. The molecule has 1 rings (SSSR count). The predicted molar refractivity (Wildman–Crippen MR) is 70.2 cm³/mol. The van der Waals surface area contributed by atoms with E-state index in [9.17, 15) is 13.2 Å². The molecule has 20 heavy (non-hydrogen) atoms. The van der Waals surface area contributed by atoms with Crippen molar-refractivity contribution >= 4 is 16.0 Å². The van der Waals surface area contributed by atoms with Gasteiger partial charge in [-0.05, 0) is 11.6 Å². The summed E-state index contributed by atoms with van der Waals surface area (Å²) in [5.41, 5.74) is 0.717. The highest BCUT2D eigenvalue weighted by Crippen LogP contribution is 2.10. The van der Waals surface area contributed by atoms with E-state index in [-0.39, 0.29) is 18.9 Å². The first-order valence-corrected chi connectivity index (χ1v) is 7.35. The van der Waals surface area contributed by atoms with E-state index in [1.807, 2.05) is 6.07 Å². The zero-order valence-corrected chi connectivity index (χ0v) is 11.4. The zero-order valence-electron chi connectivity index (χ0n) is 10.6. The first kappa shape index (κ1) is 16.1. The Bertz CT molecular complexity index is 607. The summed E-state index contributed by atoms with van der Waals surface area (Å²) in [4.78, 5) is 10.2. The van der Waals surface area contributed by atoms with Crippen LogP contribution in [-0.2, 0) is 25.3 Å². The summed E-state index contributed by atoms with van der Waals surface area (Å²) in [5, 5.41) is 17.2. The van der Waals surface area contributed by atoms with Crippen LogP contribution in [0, 0.1) is 11.3 Å². The Labute approximate surface area is 116 Å². The van der Waals surface area contributed by atoms with Crippen LogP contribution in [0.4, 0.5) is 0 Å². The van der Waals surface area contributed by atoms with Crippen LogP contribution >= 0.6 is 0 Å². The number of nitrogens with one attached hydrogen (secondary N) is 1. The molecule has 0 spiro atoms. The maximum Gasteiger partial charge on any atom is 0.329 e. The fourth-order valence-electron chi connectivity index (χ4n) is 1.44. The van der Waals surface area contributed by atoms with Crippen molar-refractivity contribution in [1.29, 1.82) is 5.26 Å². The Morgan fingerprint density at radius 1 is 1.40 bits per heavy atom. The van der Waals surface area contributed by atoms with Crippen molar-refractivity contribution in [3.8, 4) is 6.07 Å². The number of ether oxygens (including phenoxy) is 1. The van der Waals surface area contributed by atoms with Crippen LogP contribution in [0.25, 0.3) is 0 Å². The van der Waals surface area contributed by atoms with Crippen molar-refractivity contribution < 1.29 is 23.1 Å². The number of benzene rings is 1. The molecular weight excluding hydrogens is 284 g/mol. The second-order valence-electron chi connectivity index (χ2n) is 3.87. The van der Waals surface area contributed by atoms with Crippen molar-refractivity contribution in [1.82, 2.24) is 4.72 Å². The summed E-state index contributed by atoms with van der Waals surface area (Å²) in [6.07, 6.45) is 0. The molecule has 0 saturated heterocycles. The lowest BCUT2D eigenvalue weighted by molar-refractivity contribution is -0.142. The van der Waals surface area contributed by atoms with Gasteiger partial charge in [-0.1, -0.05) is 18.2 Å². The van der Waals surface area contributed by atoms with Gasteiger partial charge in [-0.3, -0.25) is 0 Å². The fourth-order valence-corrected chi connectivity index (χ4v) is 2.60. The van der Waals surface area contributed by atoms with Crippen LogP contribution in [0.5, 0.6) is 0 Å². The van der Waals surface area contributed by atoms with Crippen molar-refractivity contribution in [2.45, 2.75) is 5.75 Å². The molecule has 0 aromatic heterocycles. The quantitative estimate of drug-likeness (QED) is 0.656. The van der Waals surface area contributed by atoms with Crippen LogP contribution < -0.4 is 4.72 Å². The molecule has 1 aromatic rings. The number of hydrogen-bond acceptors (Lipinski definition) is 5. The van der Waals surface area contributed by atoms with Crippen LogP contribution in [0.1, 0.15) is 11.1 Å². The number of aliphatic carboxylic acids is 1. The largest absolute Gasteiger partial charge is 0.480 e. The number of sulfonamides is 1. The van der Waals surface area contributed by atoms with Gasteiger partial charge in [0.2, 0.25) is 10.0 Å². The van der Waals surface area contributed by atoms with Crippen LogP contribution in [0.2, 0.25) is 0 Å². The van der Waals surface area contributed by atoms with E-state index >= 15 is 0 Å². The van der Waals surface area contributed by atoms with Gasteiger partial charge in [-0.2, -0.15) is 5.26 Å². The molecule has 0 bridgehead atoms. The molecule has 8 heteroatoms. The van der Waals surface area contributed by atoms with Gasteiger partial charge < -0.3 is 9.84 Å². The van der Waals surface area contributed by atoms with E-state index in [0.29, 0.717) is 11.1 Å². The SMILES string of the molecule is N#Cc1ccccc1CS(=O)(=O)NCCOCC(=O)O. The molecule has 0 heterocycles. The molecule has 0 saturated carbocycles. The summed E-state index contributed by atoms with van der Waals surface area (Å²) in [6.45, 7) is -0.533. The Hall–Kier alpha value is -1.95. The van der Waals surface area contributed by atoms with Crippen LogP contribution in [0.3, 0.4) is 0 Å². The summed E-state index contributed by atoms with van der Waals surface area (Å²) in [6, 6.07) is 8.34. The lowest BCUT2D eigenvalue weighted by Gasteiger charge is -2.07. The topological polar surface area (TPSA) is 116 Å². The van der Waals surface area contributed by atoms with Gasteiger partial charge in [-0.15, -0.1) is 0 Å². The molecule has 0 fully saturated rings. The molecule has 7 nitrogen and oxygen atoms in total. The normalized spacial score (nSPS) is 10.9. The van der Waals surface area contributed by atoms with Gasteiger partial charge >= 0.3 is 5.97 Å². The van der Waals surface area contributed by atoms with E-state index in [1.54, 1.807) is 24.3 Å². The zero-order chi connectivity index (χ0) is 15.0. The van der Waals surface area contributed by atoms with E-state index < -0.39 is 22.6 Å². The molecule has 0 amide bonds. The number of hydrogen-bond donors (Lipinski definition) is 2. The average Bonchev–Trinajstić information content (AvgIpc) is 2.38. The molecule has 0 aliphatic rings. The predicted octanol–water partition coefficient (Wildman–Crippen LogP) is 0.0789. The number of rotatable bonds is 8. The average molecular weight is 298 g/mol. The van der Waals surface area contributed by atoms with E-state index in [0.717, 1.165) is 0 Å². The summed E-state index contributed by atoms with van der Waals surface area (Å²) in [5.74, 6) is -1.42.